The molecule has 0 saturated carbocycles. The Balaban J connectivity index is 2.41. The molecule has 2 rings (SSSR count). The Morgan fingerprint density at radius 2 is 2.35 bits per heavy atom. The Labute approximate surface area is 97.3 Å². The van der Waals surface area contributed by atoms with Crippen LogP contribution in [0.4, 0.5) is 0 Å². The molecule has 0 bridgehead atoms. The van der Waals surface area contributed by atoms with Gasteiger partial charge in [-0.3, -0.25) is 9.36 Å². The fourth-order valence-electron chi connectivity index (χ4n) is 1.54. The number of oxazole rings is 1. The first-order chi connectivity index (χ1) is 8.13. The molecule has 0 fully saturated rings. The average molecular weight is 232 g/mol. The molecule has 0 aliphatic heterocycles. The molecule has 1 aromatic heterocycles. The predicted molar refractivity (Wildman–Crippen MR) is 64.0 cm³/mol. The highest BCUT2D eigenvalue weighted by Gasteiger charge is 2.10. The van der Waals surface area contributed by atoms with Crippen LogP contribution in [-0.2, 0) is 7.05 Å². The number of nitrogens with zero attached hydrogens (tertiary/aromatic N) is 1. The maximum absolute atomic E-state index is 11.7. The van der Waals surface area contributed by atoms with Crippen molar-refractivity contribution >= 4 is 17.0 Å². The summed E-state index contributed by atoms with van der Waals surface area (Å²) >= 11 is 0. The molecule has 1 N–H and O–H groups in total. The molecule has 5 nitrogen and oxygen atoms in total. The fraction of sp³-hybridized carbons (Fsp3) is 0.167. The van der Waals surface area contributed by atoms with E-state index in [0.717, 1.165) is 0 Å². The van der Waals surface area contributed by atoms with Crippen LogP contribution in [0, 0.1) is 0 Å². The van der Waals surface area contributed by atoms with Gasteiger partial charge >= 0.3 is 5.76 Å². The zero-order valence-corrected chi connectivity index (χ0v) is 9.40. The summed E-state index contributed by atoms with van der Waals surface area (Å²) in [5.74, 6) is -0.665. The van der Waals surface area contributed by atoms with E-state index < -0.39 is 5.76 Å². The number of nitrogens with one attached hydrogen (secondary N) is 1. The van der Waals surface area contributed by atoms with Crippen LogP contribution >= 0.6 is 0 Å². The fourth-order valence-corrected chi connectivity index (χ4v) is 1.54. The lowest BCUT2D eigenvalue weighted by atomic mass is 10.2. The maximum Gasteiger partial charge on any atom is 0.419 e. The Hall–Kier alpha value is -2.30. The van der Waals surface area contributed by atoms with E-state index in [1.807, 2.05) is 0 Å². The molecule has 0 unspecified atom stereocenters. The molecule has 5 heteroatoms. The first-order valence-electron chi connectivity index (χ1n) is 5.12. The Morgan fingerprint density at radius 3 is 3.06 bits per heavy atom. The Kier molecular flexibility index (Phi) is 2.82. The van der Waals surface area contributed by atoms with Crippen molar-refractivity contribution in [1.29, 1.82) is 0 Å². The van der Waals surface area contributed by atoms with Crippen molar-refractivity contribution in [2.45, 2.75) is 0 Å². The van der Waals surface area contributed by atoms with Gasteiger partial charge in [-0.25, -0.2) is 4.79 Å². The molecule has 0 aliphatic rings. The van der Waals surface area contributed by atoms with Crippen LogP contribution in [0.2, 0.25) is 0 Å². The smallest absolute Gasteiger partial charge is 0.408 e. The largest absolute Gasteiger partial charge is 0.419 e. The number of hydrogen-bond donors (Lipinski definition) is 1. The van der Waals surface area contributed by atoms with Crippen molar-refractivity contribution in [3.63, 3.8) is 0 Å². The molecule has 0 spiro atoms. The third-order valence-electron chi connectivity index (χ3n) is 2.46. The zero-order valence-electron chi connectivity index (χ0n) is 9.40. The van der Waals surface area contributed by atoms with E-state index in [1.165, 1.54) is 4.57 Å². The molecular weight excluding hydrogens is 220 g/mol. The lowest BCUT2D eigenvalue weighted by Gasteiger charge is -2.01. The van der Waals surface area contributed by atoms with Crippen LogP contribution in [0.3, 0.4) is 0 Å². The lowest BCUT2D eigenvalue weighted by Crippen LogP contribution is -2.22. The van der Waals surface area contributed by atoms with E-state index in [1.54, 1.807) is 31.3 Å². The average Bonchev–Trinajstić information content (AvgIpc) is 2.61. The predicted octanol–water partition coefficient (Wildman–Crippen LogP) is 1.05. The summed E-state index contributed by atoms with van der Waals surface area (Å²) in [6.07, 6.45) is 1.60. The molecule has 88 valence electrons. The van der Waals surface area contributed by atoms with Gasteiger partial charge in [0.2, 0.25) is 0 Å². The number of rotatable bonds is 3. The van der Waals surface area contributed by atoms with Crippen molar-refractivity contribution in [3.05, 3.63) is 47.0 Å². The summed E-state index contributed by atoms with van der Waals surface area (Å²) in [4.78, 5) is 22.9. The monoisotopic (exact) mass is 232 g/mol. The van der Waals surface area contributed by atoms with Gasteiger partial charge in [0.1, 0.15) is 0 Å². The first kappa shape index (κ1) is 11.2. The third-order valence-corrected chi connectivity index (χ3v) is 2.46. The number of benzene rings is 1. The molecule has 1 amide bonds. The van der Waals surface area contributed by atoms with Gasteiger partial charge in [0.25, 0.3) is 5.91 Å². The second-order valence-corrected chi connectivity index (χ2v) is 3.61. The lowest BCUT2D eigenvalue weighted by molar-refractivity contribution is 0.0958. The molecule has 0 aliphatic carbocycles. The molecule has 1 aromatic carbocycles. The summed E-state index contributed by atoms with van der Waals surface area (Å²) in [5.41, 5.74) is 1.52. The number of carbonyl (C=O) groups is 1. The van der Waals surface area contributed by atoms with Crippen LogP contribution in [0.5, 0.6) is 0 Å². The van der Waals surface area contributed by atoms with Crippen molar-refractivity contribution in [2.75, 3.05) is 6.54 Å². The molecule has 17 heavy (non-hydrogen) atoms. The van der Waals surface area contributed by atoms with E-state index >= 15 is 0 Å². The van der Waals surface area contributed by atoms with Gasteiger partial charge in [-0.2, -0.15) is 0 Å². The number of amides is 1. The van der Waals surface area contributed by atoms with Crippen LogP contribution in [0.1, 0.15) is 10.4 Å². The number of carbonyl (C=O) groups excluding carboxylic acids is 1. The molecule has 0 radical (unpaired) electrons. The topological polar surface area (TPSA) is 64.2 Å². The summed E-state index contributed by atoms with van der Waals surface area (Å²) in [5, 5.41) is 2.65. The maximum atomic E-state index is 11.7. The van der Waals surface area contributed by atoms with Gasteiger partial charge in [0.05, 0.1) is 5.52 Å². The molecule has 0 atom stereocenters. The van der Waals surface area contributed by atoms with Crippen LogP contribution in [0.15, 0.2) is 40.1 Å². The highest BCUT2D eigenvalue weighted by Crippen LogP contribution is 2.14. The van der Waals surface area contributed by atoms with E-state index in [2.05, 4.69) is 11.9 Å². The Bertz CT molecular complexity index is 637. The number of hydrogen-bond acceptors (Lipinski definition) is 3. The van der Waals surface area contributed by atoms with Gasteiger partial charge in [-0.1, -0.05) is 6.08 Å². The van der Waals surface area contributed by atoms with Crippen molar-refractivity contribution < 1.29 is 9.21 Å². The second kappa shape index (κ2) is 4.29. The quantitative estimate of drug-likeness (QED) is 0.804. The van der Waals surface area contributed by atoms with Crippen LogP contribution in [-0.4, -0.2) is 17.0 Å². The van der Waals surface area contributed by atoms with Crippen molar-refractivity contribution in [1.82, 2.24) is 9.88 Å². The van der Waals surface area contributed by atoms with E-state index in [4.69, 9.17) is 4.42 Å². The van der Waals surface area contributed by atoms with E-state index in [0.29, 0.717) is 23.2 Å². The molecule has 0 saturated heterocycles. The molecule has 2 aromatic rings. The summed E-state index contributed by atoms with van der Waals surface area (Å²) < 4.78 is 6.39. The highest BCUT2D eigenvalue weighted by atomic mass is 16.4. The molecule has 1 heterocycles. The number of fused-ring (bicyclic) bond motifs is 1. The second-order valence-electron chi connectivity index (χ2n) is 3.61. The normalized spacial score (nSPS) is 10.4. The first-order valence-corrected chi connectivity index (χ1v) is 5.12. The minimum Gasteiger partial charge on any atom is -0.408 e. The minimum absolute atomic E-state index is 0.224. The van der Waals surface area contributed by atoms with Crippen molar-refractivity contribution in [3.8, 4) is 0 Å². The van der Waals surface area contributed by atoms with Crippen molar-refractivity contribution in [2.24, 2.45) is 7.05 Å². The van der Waals surface area contributed by atoms with E-state index in [9.17, 15) is 9.59 Å². The van der Waals surface area contributed by atoms with Gasteiger partial charge in [0.15, 0.2) is 5.58 Å². The SMILES string of the molecule is C=CCNC(=O)c1ccc2c(c1)oc(=O)n2C. The molecular formula is C12H12N2O3. The van der Waals surface area contributed by atoms with Crippen LogP contribution < -0.4 is 11.1 Å². The highest BCUT2D eigenvalue weighted by molar-refractivity contribution is 5.97. The van der Waals surface area contributed by atoms with E-state index in [-0.39, 0.29) is 5.91 Å². The summed E-state index contributed by atoms with van der Waals surface area (Å²) in [6.45, 7) is 3.91. The summed E-state index contributed by atoms with van der Waals surface area (Å²) in [6, 6.07) is 4.88. The standard InChI is InChI=1S/C12H12N2O3/c1-3-6-13-11(15)8-4-5-9-10(7-8)17-12(16)14(9)2/h3-5,7H,1,6H2,2H3,(H,13,15). The van der Waals surface area contributed by atoms with Gasteiger partial charge in [-0.05, 0) is 18.2 Å². The summed E-state index contributed by atoms with van der Waals surface area (Å²) in [7, 11) is 1.62. The third kappa shape index (κ3) is 1.99. The Morgan fingerprint density at radius 1 is 1.59 bits per heavy atom. The van der Waals surface area contributed by atoms with Crippen LogP contribution in [0.25, 0.3) is 11.1 Å². The number of aryl methyl sites for hydroxylation is 1. The van der Waals surface area contributed by atoms with Gasteiger partial charge in [-0.15, -0.1) is 6.58 Å². The van der Waals surface area contributed by atoms with Gasteiger partial charge < -0.3 is 9.73 Å². The minimum atomic E-state index is -0.441. The zero-order chi connectivity index (χ0) is 12.4. The number of aromatic nitrogens is 1. The van der Waals surface area contributed by atoms with Gasteiger partial charge in [0, 0.05) is 19.2 Å².